The molecule has 1 aromatic carbocycles. The fourth-order valence-electron chi connectivity index (χ4n) is 2.88. The van der Waals surface area contributed by atoms with Crippen molar-refractivity contribution in [3.05, 3.63) is 38.4 Å². The summed E-state index contributed by atoms with van der Waals surface area (Å²) in [6.45, 7) is 3.76. The molecule has 15 heteroatoms. The minimum atomic E-state index is -6.19. The second-order valence-electron chi connectivity index (χ2n) is 6.53. The van der Waals surface area contributed by atoms with Gasteiger partial charge in [-0.05, 0) is 13.8 Å². The van der Waals surface area contributed by atoms with Crippen LogP contribution in [0.5, 0.6) is 0 Å². The van der Waals surface area contributed by atoms with Gasteiger partial charge >= 0.3 is 12.4 Å². The van der Waals surface area contributed by atoms with Crippen LogP contribution in [0.15, 0.2) is 12.1 Å². The van der Waals surface area contributed by atoms with Gasteiger partial charge in [0, 0.05) is 24.2 Å². The van der Waals surface area contributed by atoms with Crippen molar-refractivity contribution in [3.63, 3.8) is 0 Å². The number of nitrogens with zero attached hydrogens (tertiary/aromatic N) is 2. The van der Waals surface area contributed by atoms with Gasteiger partial charge in [0.1, 0.15) is 5.69 Å². The summed E-state index contributed by atoms with van der Waals surface area (Å²) < 4.78 is 79.6. The van der Waals surface area contributed by atoms with E-state index in [1.807, 2.05) is 0 Å². The molecule has 0 saturated carbocycles. The maximum Gasteiger partial charge on any atom is 0.430 e. The van der Waals surface area contributed by atoms with Gasteiger partial charge in [-0.15, -0.1) is 11.3 Å². The van der Waals surface area contributed by atoms with E-state index < -0.39 is 45.4 Å². The van der Waals surface area contributed by atoms with Gasteiger partial charge in [0.05, 0.1) is 14.9 Å². The SMILES string of the molecule is CCN(CC)C(=O)c1nc(C(N)=O)sc1-c1ccc(C(O)(C(F)(F)F)C(F)(F)F)c(Cl)c1Cl. The Morgan fingerprint density at radius 2 is 1.58 bits per heavy atom. The van der Waals surface area contributed by atoms with Gasteiger partial charge in [-0.3, -0.25) is 9.59 Å². The van der Waals surface area contributed by atoms with Crippen LogP contribution in [0.3, 0.4) is 0 Å². The molecule has 0 atom stereocenters. The topological polar surface area (TPSA) is 96.5 Å². The number of primary amides is 1. The fourth-order valence-corrected chi connectivity index (χ4v) is 4.44. The highest BCUT2D eigenvalue weighted by Gasteiger charge is 2.72. The number of carbonyl (C=O) groups excluding carboxylic acids is 2. The van der Waals surface area contributed by atoms with Gasteiger partial charge in [0.15, 0.2) is 5.01 Å². The highest BCUT2D eigenvalue weighted by Crippen LogP contribution is 2.54. The average Bonchev–Trinajstić information content (AvgIpc) is 3.14. The smallest absolute Gasteiger partial charge is 0.369 e. The molecular weight excluding hydrogens is 523 g/mol. The quantitative estimate of drug-likeness (QED) is 0.506. The van der Waals surface area contributed by atoms with Gasteiger partial charge in [0.2, 0.25) is 0 Å². The minimum absolute atomic E-state index is 0.151. The molecule has 6 nitrogen and oxygen atoms in total. The number of rotatable bonds is 6. The van der Waals surface area contributed by atoms with Crippen LogP contribution in [0.25, 0.3) is 10.4 Å². The maximum absolute atomic E-state index is 13.3. The first-order chi connectivity index (χ1) is 15.0. The number of hydrogen-bond donors (Lipinski definition) is 2. The van der Waals surface area contributed by atoms with E-state index in [9.17, 15) is 41.0 Å². The highest BCUT2D eigenvalue weighted by molar-refractivity contribution is 7.17. The summed E-state index contributed by atoms with van der Waals surface area (Å²) in [5.41, 5.74) is -2.49. The second-order valence-corrected chi connectivity index (χ2v) is 8.29. The van der Waals surface area contributed by atoms with Crippen molar-refractivity contribution in [2.24, 2.45) is 5.73 Å². The summed E-state index contributed by atoms with van der Waals surface area (Å²) in [5, 5.41) is 7.23. The molecule has 1 heterocycles. The van der Waals surface area contributed by atoms with Crippen molar-refractivity contribution in [3.8, 4) is 10.4 Å². The second kappa shape index (κ2) is 9.28. The van der Waals surface area contributed by atoms with Gasteiger partial charge in [0.25, 0.3) is 17.4 Å². The molecule has 33 heavy (non-hydrogen) atoms. The Kier molecular flexibility index (Phi) is 7.63. The van der Waals surface area contributed by atoms with E-state index in [4.69, 9.17) is 28.9 Å². The minimum Gasteiger partial charge on any atom is -0.369 e. The van der Waals surface area contributed by atoms with Gasteiger partial charge in [-0.25, -0.2) is 4.98 Å². The number of thiazole rings is 1. The molecular formula is C18H15Cl2F6N3O3S. The lowest BCUT2D eigenvalue weighted by Gasteiger charge is -2.33. The molecule has 2 rings (SSSR count). The average molecular weight is 538 g/mol. The molecule has 1 aromatic heterocycles. The molecule has 0 radical (unpaired) electrons. The standard InChI is InChI=1S/C18H15Cl2F6N3O3S/c1-3-29(4-2)15(31)11-12(33-14(28-11)13(27)30)7-5-6-8(10(20)9(7)19)16(32,17(21,22)23)18(24,25)26/h5-6,32H,3-4H2,1-2H3,(H2,27,30). The first-order valence-electron chi connectivity index (χ1n) is 8.97. The number of halogens is 8. The molecule has 0 aliphatic carbocycles. The summed E-state index contributed by atoms with van der Waals surface area (Å²) in [4.78, 5) is 29.4. The summed E-state index contributed by atoms with van der Waals surface area (Å²) in [7, 11) is 0. The predicted octanol–water partition coefficient (Wildman–Crippen LogP) is 5.01. The van der Waals surface area contributed by atoms with Crippen LogP contribution in [-0.2, 0) is 5.60 Å². The van der Waals surface area contributed by atoms with E-state index in [1.54, 1.807) is 13.8 Å². The van der Waals surface area contributed by atoms with Crippen LogP contribution < -0.4 is 5.73 Å². The Labute approximate surface area is 196 Å². The number of hydrogen-bond acceptors (Lipinski definition) is 5. The zero-order valence-corrected chi connectivity index (χ0v) is 19.1. The molecule has 0 aliphatic rings. The van der Waals surface area contributed by atoms with Crippen LogP contribution in [0.1, 0.15) is 39.7 Å². The number of aliphatic hydroxyl groups is 1. The number of alkyl halides is 6. The summed E-state index contributed by atoms with van der Waals surface area (Å²) in [6, 6.07) is 1.00. The zero-order chi connectivity index (χ0) is 25.5. The van der Waals surface area contributed by atoms with Crippen LogP contribution in [0.4, 0.5) is 26.3 Å². The van der Waals surface area contributed by atoms with Gasteiger partial charge in [-0.1, -0.05) is 35.3 Å². The number of nitrogens with two attached hydrogens (primary N) is 1. The van der Waals surface area contributed by atoms with Gasteiger partial charge < -0.3 is 15.7 Å². The summed E-state index contributed by atoms with van der Waals surface area (Å²) >= 11 is 12.3. The molecule has 0 aliphatic heterocycles. The van der Waals surface area contributed by atoms with Crippen LogP contribution in [0.2, 0.25) is 10.0 Å². The maximum atomic E-state index is 13.3. The van der Waals surface area contributed by atoms with Crippen molar-refractivity contribution in [1.82, 2.24) is 9.88 Å². The van der Waals surface area contributed by atoms with Crippen molar-refractivity contribution < 1.29 is 41.0 Å². The third-order valence-electron chi connectivity index (χ3n) is 4.63. The number of aromatic nitrogens is 1. The van der Waals surface area contributed by atoms with Crippen molar-refractivity contribution in [2.75, 3.05) is 13.1 Å². The monoisotopic (exact) mass is 537 g/mol. The van der Waals surface area contributed by atoms with E-state index in [2.05, 4.69) is 4.98 Å². The number of amides is 2. The van der Waals surface area contributed by atoms with E-state index in [1.165, 1.54) is 4.90 Å². The molecule has 3 N–H and O–H groups in total. The lowest BCUT2D eigenvalue weighted by atomic mass is 9.91. The lowest BCUT2D eigenvalue weighted by molar-refractivity contribution is -0.376. The van der Waals surface area contributed by atoms with Crippen molar-refractivity contribution in [1.29, 1.82) is 0 Å². The first kappa shape index (κ1) is 27.2. The molecule has 0 bridgehead atoms. The van der Waals surface area contributed by atoms with E-state index in [0.29, 0.717) is 23.5 Å². The summed E-state index contributed by atoms with van der Waals surface area (Å²) in [5.74, 6) is -1.71. The molecule has 182 valence electrons. The Balaban J connectivity index is 2.81. The Morgan fingerprint density at radius 1 is 1.06 bits per heavy atom. The van der Waals surface area contributed by atoms with Crippen LogP contribution in [0, 0.1) is 0 Å². The fraction of sp³-hybridized carbons (Fsp3) is 0.389. The first-order valence-corrected chi connectivity index (χ1v) is 10.5. The molecule has 0 fully saturated rings. The van der Waals surface area contributed by atoms with Crippen LogP contribution >= 0.6 is 34.5 Å². The molecule has 0 unspecified atom stereocenters. The largest absolute Gasteiger partial charge is 0.430 e. The third-order valence-corrected chi connectivity index (χ3v) is 6.61. The van der Waals surface area contributed by atoms with E-state index in [-0.39, 0.29) is 34.2 Å². The Hall–Kier alpha value is -2.09. The number of benzene rings is 1. The van der Waals surface area contributed by atoms with E-state index >= 15 is 0 Å². The molecule has 2 aromatic rings. The Bertz CT molecular complexity index is 1070. The molecule has 0 saturated heterocycles. The van der Waals surface area contributed by atoms with Crippen molar-refractivity contribution in [2.45, 2.75) is 31.8 Å². The summed E-state index contributed by atoms with van der Waals surface area (Å²) in [6.07, 6.45) is -12.4. The zero-order valence-electron chi connectivity index (χ0n) is 16.7. The van der Waals surface area contributed by atoms with Crippen LogP contribution in [-0.4, -0.2) is 52.2 Å². The van der Waals surface area contributed by atoms with E-state index in [0.717, 1.165) is 0 Å². The third kappa shape index (κ3) is 4.63. The lowest BCUT2D eigenvalue weighted by Crippen LogP contribution is -2.54. The predicted molar refractivity (Wildman–Crippen MR) is 109 cm³/mol. The normalized spacial score (nSPS) is 12.7. The Morgan fingerprint density at radius 3 is 2.00 bits per heavy atom. The van der Waals surface area contributed by atoms with Gasteiger partial charge in [-0.2, -0.15) is 26.3 Å². The van der Waals surface area contributed by atoms with Crippen molar-refractivity contribution >= 4 is 46.4 Å². The highest BCUT2D eigenvalue weighted by atomic mass is 35.5. The molecule has 0 spiro atoms. The number of carbonyl (C=O) groups is 2. The molecule has 2 amide bonds.